The van der Waals surface area contributed by atoms with Crippen molar-refractivity contribution in [3.05, 3.63) is 41.7 Å². The molecule has 0 bridgehead atoms. The summed E-state index contributed by atoms with van der Waals surface area (Å²) < 4.78 is 3.81. The Balaban J connectivity index is 1.79. The van der Waals surface area contributed by atoms with Crippen LogP contribution in [0.25, 0.3) is 27.7 Å². The molecule has 0 unspecified atom stereocenters. The Morgan fingerprint density at radius 3 is 2.65 bits per heavy atom. The van der Waals surface area contributed by atoms with Gasteiger partial charge in [-0.2, -0.15) is 10.2 Å². The lowest BCUT2D eigenvalue weighted by molar-refractivity contribution is 0.897. The molecule has 0 radical (unpaired) electrons. The summed E-state index contributed by atoms with van der Waals surface area (Å²) in [6, 6.07) is 9.94. The van der Waals surface area contributed by atoms with Crippen LogP contribution in [0.15, 0.2) is 40.6 Å². The van der Waals surface area contributed by atoms with Gasteiger partial charge in [0.25, 0.3) is 0 Å². The average Bonchev–Trinajstić information content (AvgIpc) is 3.28. The van der Waals surface area contributed by atoms with E-state index in [0.717, 1.165) is 33.5 Å². The minimum Gasteiger partial charge on any atom is -0.326 e. The van der Waals surface area contributed by atoms with E-state index in [1.165, 1.54) is 0 Å². The number of para-hydroxylation sites is 1. The summed E-state index contributed by atoms with van der Waals surface area (Å²) in [7, 11) is 1.97. The topological polar surface area (TPSA) is 101 Å². The van der Waals surface area contributed by atoms with Gasteiger partial charge in [0.15, 0.2) is 17.2 Å². The standard InChI is InChI=1S/C17H15N9/c1-9-8-13(19-18-9)20-21-14-10(2)24-26-15-11-6-4-5-7-12(11)25(3)17(15)23-22-16(14)26/h4-8H,1-3H3,(H,18,19). The lowest BCUT2D eigenvalue weighted by Gasteiger charge is -1.96. The van der Waals surface area contributed by atoms with Crippen molar-refractivity contribution in [2.24, 2.45) is 17.3 Å². The highest BCUT2D eigenvalue weighted by Crippen LogP contribution is 2.31. The molecule has 0 atom stereocenters. The van der Waals surface area contributed by atoms with Gasteiger partial charge in [0.05, 0.1) is 11.2 Å². The molecule has 0 saturated carbocycles. The first kappa shape index (κ1) is 14.7. The first-order valence-electron chi connectivity index (χ1n) is 8.16. The number of benzene rings is 1. The van der Waals surface area contributed by atoms with Crippen LogP contribution >= 0.6 is 0 Å². The highest BCUT2D eigenvalue weighted by molar-refractivity contribution is 6.05. The number of nitrogens with one attached hydrogen (secondary N) is 1. The van der Waals surface area contributed by atoms with Gasteiger partial charge in [-0.15, -0.1) is 20.4 Å². The monoisotopic (exact) mass is 345 g/mol. The first-order chi connectivity index (χ1) is 12.6. The highest BCUT2D eigenvalue weighted by atomic mass is 15.4. The number of nitrogens with zero attached hydrogens (tertiary/aromatic N) is 8. The number of azo groups is 1. The maximum Gasteiger partial charge on any atom is 0.206 e. The van der Waals surface area contributed by atoms with Crippen molar-refractivity contribution in [2.75, 3.05) is 0 Å². The van der Waals surface area contributed by atoms with Crippen LogP contribution in [0.3, 0.4) is 0 Å². The van der Waals surface area contributed by atoms with E-state index in [9.17, 15) is 0 Å². The van der Waals surface area contributed by atoms with E-state index in [0.29, 0.717) is 17.2 Å². The number of aromatic nitrogens is 7. The zero-order valence-electron chi connectivity index (χ0n) is 14.5. The van der Waals surface area contributed by atoms with E-state index in [1.807, 2.05) is 43.7 Å². The number of aryl methyl sites for hydroxylation is 3. The van der Waals surface area contributed by atoms with E-state index in [2.05, 4.69) is 47.9 Å². The van der Waals surface area contributed by atoms with Crippen LogP contribution in [0, 0.1) is 13.8 Å². The maximum atomic E-state index is 4.64. The Kier molecular flexibility index (Phi) is 2.93. The fourth-order valence-corrected chi connectivity index (χ4v) is 3.20. The zero-order chi connectivity index (χ0) is 17.8. The second-order valence-corrected chi connectivity index (χ2v) is 6.23. The van der Waals surface area contributed by atoms with Crippen molar-refractivity contribution >= 4 is 39.2 Å². The molecular weight excluding hydrogens is 330 g/mol. The summed E-state index contributed by atoms with van der Waals surface area (Å²) in [5.41, 5.74) is 5.58. The molecule has 0 spiro atoms. The van der Waals surface area contributed by atoms with E-state index < -0.39 is 0 Å². The molecule has 4 heterocycles. The van der Waals surface area contributed by atoms with Gasteiger partial charge in [0.2, 0.25) is 5.65 Å². The fraction of sp³-hybridized carbons (Fsp3) is 0.176. The summed E-state index contributed by atoms with van der Waals surface area (Å²) in [5.74, 6) is 0.514. The minimum atomic E-state index is 0.514. The molecule has 0 aliphatic heterocycles. The van der Waals surface area contributed by atoms with Crippen LogP contribution in [-0.4, -0.2) is 34.6 Å². The number of hydrogen-bond donors (Lipinski definition) is 1. The largest absolute Gasteiger partial charge is 0.326 e. The van der Waals surface area contributed by atoms with Gasteiger partial charge in [-0.3, -0.25) is 5.10 Å². The molecule has 128 valence electrons. The summed E-state index contributed by atoms with van der Waals surface area (Å²) in [5, 5.41) is 29.9. The van der Waals surface area contributed by atoms with Crippen LogP contribution in [0.5, 0.6) is 0 Å². The van der Waals surface area contributed by atoms with Crippen molar-refractivity contribution in [2.45, 2.75) is 13.8 Å². The third kappa shape index (κ3) is 1.97. The van der Waals surface area contributed by atoms with Crippen molar-refractivity contribution in [1.82, 2.24) is 34.6 Å². The Morgan fingerprint density at radius 1 is 1.04 bits per heavy atom. The van der Waals surface area contributed by atoms with Crippen molar-refractivity contribution < 1.29 is 0 Å². The van der Waals surface area contributed by atoms with Crippen LogP contribution in [0.4, 0.5) is 11.5 Å². The smallest absolute Gasteiger partial charge is 0.206 e. The molecule has 5 aromatic rings. The first-order valence-corrected chi connectivity index (χ1v) is 8.16. The molecule has 5 rings (SSSR count). The minimum absolute atomic E-state index is 0.514. The number of H-pyrrole nitrogens is 1. The fourth-order valence-electron chi connectivity index (χ4n) is 3.20. The van der Waals surface area contributed by atoms with Gasteiger partial charge in [-0.25, -0.2) is 4.52 Å². The van der Waals surface area contributed by atoms with Crippen LogP contribution in [0.2, 0.25) is 0 Å². The highest BCUT2D eigenvalue weighted by Gasteiger charge is 2.18. The van der Waals surface area contributed by atoms with Gasteiger partial charge in [0, 0.05) is 24.2 Å². The third-order valence-corrected chi connectivity index (χ3v) is 4.45. The predicted molar refractivity (Wildman–Crippen MR) is 97.0 cm³/mol. The second kappa shape index (κ2) is 5.19. The van der Waals surface area contributed by atoms with E-state index in [1.54, 1.807) is 4.52 Å². The molecule has 0 amide bonds. The molecule has 26 heavy (non-hydrogen) atoms. The molecule has 9 heteroatoms. The molecule has 9 nitrogen and oxygen atoms in total. The van der Waals surface area contributed by atoms with Gasteiger partial charge in [-0.1, -0.05) is 18.2 Å². The van der Waals surface area contributed by atoms with Gasteiger partial charge in [-0.05, 0) is 19.9 Å². The van der Waals surface area contributed by atoms with Gasteiger partial charge < -0.3 is 4.57 Å². The second-order valence-electron chi connectivity index (χ2n) is 6.23. The average molecular weight is 345 g/mol. The van der Waals surface area contributed by atoms with Crippen molar-refractivity contribution in [3.63, 3.8) is 0 Å². The normalized spacial score (nSPS) is 12.3. The SMILES string of the molecule is Cc1cc(N=Nc2c(C)nn3c2nnc2c3c3ccccc3n2C)n[nH]1. The molecule has 0 aliphatic carbocycles. The summed E-state index contributed by atoms with van der Waals surface area (Å²) in [6.45, 7) is 3.80. The molecular formula is C17H15N9. The summed E-state index contributed by atoms with van der Waals surface area (Å²) in [4.78, 5) is 0. The molecule has 0 saturated heterocycles. The Labute approximate surface area is 147 Å². The van der Waals surface area contributed by atoms with E-state index in [4.69, 9.17) is 0 Å². The van der Waals surface area contributed by atoms with Crippen LogP contribution in [-0.2, 0) is 7.05 Å². The summed E-state index contributed by atoms with van der Waals surface area (Å²) >= 11 is 0. The Morgan fingerprint density at radius 2 is 1.85 bits per heavy atom. The molecule has 1 N–H and O–H groups in total. The lowest BCUT2D eigenvalue weighted by Crippen LogP contribution is -1.97. The number of rotatable bonds is 2. The molecule has 0 fully saturated rings. The lowest BCUT2D eigenvalue weighted by atomic mass is 10.2. The maximum absolute atomic E-state index is 4.64. The molecule has 1 aromatic carbocycles. The molecule has 4 aromatic heterocycles. The quantitative estimate of drug-likeness (QED) is 0.494. The van der Waals surface area contributed by atoms with Crippen LogP contribution in [0.1, 0.15) is 11.4 Å². The van der Waals surface area contributed by atoms with Crippen molar-refractivity contribution in [1.29, 1.82) is 0 Å². The van der Waals surface area contributed by atoms with Crippen LogP contribution < -0.4 is 0 Å². The third-order valence-electron chi connectivity index (χ3n) is 4.45. The van der Waals surface area contributed by atoms with E-state index >= 15 is 0 Å². The number of fused-ring (bicyclic) bond motifs is 5. The van der Waals surface area contributed by atoms with Gasteiger partial charge in [0.1, 0.15) is 5.52 Å². The summed E-state index contributed by atoms with van der Waals surface area (Å²) in [6.07, 6.45) is 0. The number of aromatic amines is 1. The van der Waals surface area contributed by atoms with Crippen molar-refractivity contribution in [3.8, 4) is 0 Å². The number of hydrogen-bond acceptors (Lipinski definition) is 6. The Bertz CT molecular complexity index is 1320. The Hall–Kier alpha value is -3.62. The van der Waals surface area contributed by atoms with Gasteiger partial charge >= 0.3 is 0 Å². The zero-order valence-corrected chi connectivity index (χ0v) is 14.5. The molecule has 0 aliphatic rings. The predicted octanol–water partition coefficient (Wildman–Crippen LogP) is 3.52. The van der Waals surface area contributed by atoms with E-state index in [-0.39, 0.29) is 0 Å².